The molecule has 2 aromatic carbocycles. The molecule has 1 N–H and O–H groups in total. The van der Waals surface area contributed by atoms with Gasteiger partial charge >= 0.3 is 0 Å². The number of hydrogen-bond donors (Lipinski definition) is 1. The van der Waals surface area contributed by atoms with Crippen LogP contribution in [0.4, 0.5) is 0 Å². The predicted octanol–water partition coefficient (Wildman–Crippen LogP) is 8.67. The van der Waals surface area contributed by atoms with Crippen LogP contribution in [-0.2, 0) is 37.4 Å². The molecule has 0 saturated carbocycles. The molecule has 0 amide bonds. The van der Waals surface area contributed by atoms with Crippen LogP contribution in [0.5, 0.6) is 0 Å². The molecule has 2 aliphatic rings. The van der Waals surface area contributed by atoms with Gasteiger partial charge in [0.1, 0.15) is 6.73 Å². The Kier molecular flexibility index (Phi) is 11.5. The Balaban J connectivity index is 0.000000186. The van der Waals surface area contributed by atoms with E-state index in [0.29, 0.717) is 30.7 Å². The minimum atomic E-state index is 0.411. The highest BCUT2D eigenvalue weighted by Crippen LogP contribution is 2.32. The van der Waals surface area contributed by atoms with Crippen molar-refractivity contribution < 1.29 is 4.74 Å². The highest BCUT2D eigenvalue weighted by Gasteiger charge is 2.24. The van der Waals surface area contributed by atoms with Crippen LogP contribution in [-0.4, -0.2) is 64.3 Å². The van der Waals surface area contributed by atoms with Crippen LogP contribution in [0, 0.1) is 25.7 Å². The number of nitrogens with zero attached hydrogens (tertiary/aromatic N) is 5. The average Bonchev–Trinajstić information content (AvgIpc) is 3.55. The Morgan fingerprint density at radius 2 is 1.36 bits per heavy atom. The number of benzene rings is 2. The number of aryl methyl sites for hydroxylation is 2. The van der Waals surface area contributed by atoms with Gasteiger partial charge in [0, 0.05) is 47.9 Å². The quantitative estimate of drug-likeness (QED) is 0.140. The summed E-state index contributed by atoms with van der Waals surface area (Å²) in [6, 6.07) is 14.3. The summed E-state index contributed by atoms with van der Waals surface area (Å²) in [5.74, 6) is 1.20. The molecular formula is C40H58N6O. The van der Waals surface area contributed by atoms with Gasteiger partial charge in [0.05, 0.1) is 43.4 Å². The van der Waals surface area contributed by atoms with Crippen LogP contribution in [0.1, 0.15) is 88.0 Å². The maximum Gasteiger partial charge on any atom is 0.122 e. The molecule has 4 heterocycles. The number of fused-ring (bicyclic) bond motifs is 6. The largest absolute Gasteiger partial charge is 0.364 e. The van der Waals surface area contributed by atoms with Crippen LogP contribution in [0.25, 0.3) is 21.8 Å². The van der Waals surface area contributed by atoms with Crippen molar-refractivity contribution in [2.75, 3.05) is 20.2 Å². The predicted molar refractivity (Wildman–Crippen MR) is 200 cm³/mol. The van der Waals surface area contributed by atoms with E-state index in [1.54, 1.807) is 7.11 Å². The van der Waals surface area contributed by atoms with Crippen molar-refractivity contribution in [2.45, 2.75) is 113 Å². The first-order chi connectivity index (χ1) is 22.6. The van der Waals surface area contributed by atoms with Gasteiger partial charge < -0.3 is 24.1 Å². The van der Waals surface area contributed by atoms with Crippen LogP contribution < -0.4 is 0 Å². The highest BCUT2D eigenvalue weighted by atomic mass is 16.5. The smallest absolute Gasteiger partial charge is 0.122 e. The fourth-order valence-corrected chi connectivity index (χ4v) is 7.28. The zero-order valence-electron chi connectivity index (χ0n) is 30.4. The summed E-state index contributed by atoms with van der Waals surface area (Å²) in [5.41, 5.74) is 10.9. The maximum atomic E-state index is 5.48. The molecule has 254 valence electrons. The van der Waals surface area contributed by atoms with E-state index < -0.39 is 0 Å². The number of methoxy groups -OCH3 is 1. The number of hydrogen-bond acceptors (Lipinski definition) is 3. The van der Waals surface area contributed by atoms with Gasteiger partial charge in [-0.3, -0.25) is 9.98 Å². The second-order valence-electron chi connectivity index (χ2n) is 14.3. The minimum Gasteiger partial charge on any atom is -0.364 e. The van der Waals surface area contributed by atoms with E-state index in [9.17, 15) is 0 Å². The SMILES string of the molecule is CCC(N=CN1CCc2c([nH]c3ccc(C)cc23)C1)C(C)C.CCC(N=CN1CCc2c(n(COC)c3ccc(C)cc23)C1)C(C)C. The Bertz CT molecular complexity index is 1690. The second kappa shape index (κ2) is 15.5. The number of aromatic nitrogens is 2. The molecule has 2 unspecified atom stereocenters. The molecule has 7 heteroatoms. The first kappa shape index (κ1) is 34.7. The molecule has 6 rings (SSSR count). The average molecular weight is 639 g/mol. The van der Waals surface area contributed by atoms with Crippen molar-refractivity contribution in [2.24, 2.45) is 21.8 Å². The molecule has 4 aromatic rings. The molecular weight excluding hydrogens is 580 g/mol. The number of ether oxygens (including phenoxy) is 1. The molecule has 0 radical (unpaired) electrons. The van der Waals surface area contributed by atoms with Gasteiger partial charge in [0.25, 0.3) is 0 Å². The normalized spacial score (nSPS) is 16.4. The molecule has 47 heavy (non-hydrogen) atoms. The van der Waals surface area contributed by atoms with Gasteiger partial charge in [0.15, 0.2) is 0 Å². The third-order valence-corrected chi connectivity index (χ3v) is 10.1. The summed E-state index contributed by atoms with van der Waals surface area (Å²) in [5, 5.41) is 2.79. The van der Waals surface area contributed by atoms with Gasteiger partial charge in [-0.1, -0.05) is 64.8 Å². The third kappa shape index (κ3) is 7.94. The summed E-state index contributed by atoms with van der Waals surface area (Å²) in [6.45, 7) is 22.3. The summed E-state index contributed by atoms with van der Waals surface area (Å²) >= 11 is 0. The number of nitrogens with one attached hydrogen (secondary N) is 1. The molecule has 2 aromatic heterocycles. The van der Waals surface area contributed by atoms with Crippen LogP contribution in [0.15, 0.2) is 46.4 Å². The fraction of sp³-hybridized carbons (Fsp3) is 0.550. The van der Waals surface area contributed by atoms with Crippen molar-refractivity contribution >= 4 is 34.5 Å². The zero-order chi connectivity index (χ0) is 33.7. The Hall–Kier alpha value is -3.58. The van der Waals surface area contributed by atoms with E-state index in [0.717, 1.165) is 51.9 Å². The second-order valence-corrected chi connectivity index (χ2v) is 14.3. The lowest BCUT2D eigenvalue weighted by atomic mass is 10.0. The third-order valence-electron chi connectivity index (χ3n) is 10.1. The molecule has 0 saturated heterocycles. The standard InChI is InChI=1S/C21H31N3O.C19H27N3/c1-6-19(15(2)3)22-13-23-10-9-17-18-11-16(4)7-8-20(18)24(14-25-5)21(17)12-23;1-5-17(13(2)3)20-12-22-9-8-15-16-10-14(4)6-7-18(16)21-19(15)11-22/h7-8,11,13,15,19H,6,9-10,12,14H2,1-5H3;6-7,10,12-13,17,21H,5,8-9,11H2,1-4H3. The van der Waals surface area contributed by atoms with Crippen LogP contribution in [0.3, 0.4) is 0 Å². The lowest BCUT2D eigenvalue weighted by Crippen LogP contribution is -2.31. The van der Waals surface area contributed by atoms with E-state index in [1.165, 1.54) is 55.4 Å². The molecule has 0 aliphatic carbocycles. The van der Waals surface area contributed by atoms with Gasteiger partial charge in [-0.2, -0.15) is 0 Å². The molecule has 2 aliphatic heterocycles. The number of H-pyrrole nitrogens is 1. The van der Waals surface area contributed by atoms with E-state index in [4.69, 9.17) is 14.7 Å². The van der Waals surface area contributed by atoms with Gasteiger partial charge in [-0.25, -0.2) is 0 Å². The summed E-state index contributed by atoms with van der Waals surface area (Å²) in [7, 11) is 1.77. The fourth-order valence-electron chi connectivity index (χ4n) is 7.28. The van der Waals surface area contributed by atoms with Crippen LogP contribution >= 0.6 is 0 Å². The Labute approximate surface area is 283 Å². The van der Waals surface area contributed by atoms with E-state index in [1.807, 2.05) is 0 Å². The molecule has 0 spiro atoms. The summed E-state index contributed by atoms with van der Waals surface area (Å²) < 4.78 is 7.81. The maximum absolute atomic E-state index is 5.48. The lowest BCUT2D eigenvalue weighted by Gasteiger charge is -2.27. The van der Waals surface area contributed by atoms with E-state index in [-0.39, 0.29) is 0 Å². The summed E-state index contributed by atoms with van der Waals surface area (Å²) in [6.07, 6.45) is 8.53. The lowest BCUT2D eigenvalue weighted by molar-refractivity contribution is 0.130. The highest BCUT2D eigenvalue weighted by molar-refractivity contribution is 5.87. The number of aromatic amines is 1. The minimum absolute atomic E-state index is 0.411. The van der Waals surface area contributed by atoms with Gasteiger partial charge in [-0.15, -0.1) is 0 Å². The topological polar surface area (TPSA) is 61.2 Å². The van der Waals surface area contributed by atoms with Crippen molar-refractivity contribution in [1.29, 1.82) is 0 Å². The Morgan fingerprint density at radius 3 is 1.96 bits per heavy atom. The first-order valence-electron chi connectivity index (χ1n) is 17.9. The molecule has 0 bridgehead atoms. The van der Waals surface area contributed by atoms with Crippen LogP contribution in [0.2, 0.25) is 0 Å². The van der Waals surface area contributed by atoms with E-state index in [2.05, 4.69) is 124 Å². The Morgan fingerprint density at radius 1 is 0.787 bits per heavy atom. The zero-order valence-corrected chi connectivity index (χ0v) is 30.4. The number of rotatable bonds is 10. The monoisotopic (exact) mass is 638 g/mol. The summed E-state index contributed by atoms with van der Waals surface area (Å²) in [4.78, 5) is 17.9. The van der Waals surface area contributed by atoms with Crippen molar-refractivity contribution in [3.05, 3.63) is 70.0 Å². The molecule has 2 atom stereocenters. The molecule has 0 fully saturated rings. The van der Waals surface area contributed by atoms with Gasteiger partial charge in [-0.05, 0) is 86.8 Å². The van der Waals surface area contributed by atoms with Crippen molar-refractivity contribution in [3.8, 4) is 0 Å². The molecule has 7 nitrogen and oxygen atoms in total. The van der Waals surface area contributed by atoms with Crippen molar-refractivity contribution in [1.82, 2.24) is 19.4 Å². The van der Waals surface area contributed by atoms with Crippen molar-refractivity contribution in [3.63, 3.8) is 0 Å². The van der Waals surface area contributed by atoms with Gasteiger partial charge in [0.2, 0.25) is 0 Å². The number of aliphatic imine (C=N–C) groups is 2. The van der Waals surface area contributed by atoms with E-state index >= 15 is 0 Å². The first-order valence-corrected chi connectivity index (χ1v) is 17.9.